The molecule has 0 aliphatic carbocycles. The average molecular weight is 372 g/mol. The van der Waals surface area contributed by atoms with E-state index >= 15 is 0 Å². The van der Waals surface area contributed by atoms with Gasteiger partial charge in [0.15, 0.2) is 12.4 Å². The minimum atomic E-state index is -1.60. The molecule has 0 amide bonds. The highest BCUT2D eigenvalue weighted by atomic mass is 35.5. The van der Waals surface area contributed by atoms with E-state index in [9.17, 15) is 20.1 Å². The van der Waals surface area contributed by atoms with Gasteiger partial charge in [0.1, 0.15) is 18.3 Å². The number of aromatic nitrogens is 1. The number of fused-ring (bicyclic) bond motifs is 1. The molecule has 2 aromatic rings. The van der Waals surface area contributed by atoms with Gasteiger partial charge in [-0.15, -0.1) is 0 Å². The van der Waals surface area contributed by atoms with Gasteiger partial charge in [0.2, 0.25) is 11.8 Å². The largest absolute Gasteiger partial charge is 0.469 e. The highest BCUT2D eigenvalue weighted by Gasteiger charge is 2.46. The summed E-state index contributed by atoms with van der Waals surface area (Å²) in [6, 6.07) is 8.76. The van der Waals surface area contributed by atoms with Crippen molar-refractivity contribution >= 4 is 28.7 Å². The van der Waals surface area contributed by atoms with Gasteiger partial charge >= 0.3 is 0 Å². The maximum atomic E-state index is 12.0. The van der Waals surface area contributed by atoms with E-state index in [-0.39, 0.29) is 18.4 Å². The van der Waals surface area contributed by atoms with Crippen LogP contribution in [0.25, 0.3) is 10.9 Å². The highest BCUT2D eigenvalue weighted by Crippen LogP contribution is 2.30. The van der Waals surface area contributed by atoms with Crippen LogP contribution in [0.15, 0.2) is 30.3 Å². The van der Waals surface area contributed by atoms with Crippen LogP contribution in [-0.2, 0) is 9.03 Å². The first-order valence-electron chi connectivity index (χ1n) is 7.65. The molecule has 0 radical (unpaired) electrons. The predicted molar refractivity (Wildman–Crippen MR) is 87.4 cm³/mol. The molecule has 5 atom stereocenters. The zero-order valence-corrected chi connectivity index (χ0v) is 14.0. The molecule has 1 aliphatic heterocycles. The third kappa shape index (κ3) is 3.37. The Balaban J connectivity index is 1.96. The number of para-hydroxylation sites is 1. The SMILES string of the molecule is CC(=O)n1c(O[C@@H]2[C@@H](O)[C@H](O)O[C@H](COCl)[C@H]2O)cc2ccccc21. The van der Waals surface area contributed by atoms with Crippen LogP contribution >= 0.6 is 11.9 Å². The van der Waals surface area contributed by atoms with E-state index < -0.39 is 30.7 Å². The normalized spacial score (nSPS) is 29.7. The Morgan fingerprint density at radius 3 is 2.68 bits per heavy atom. The predicted octanol–water partition coefficient (Wildman–Crippen LogP) is 0.658. The first-order valence-corrected chi connectivity index (χ1v) is 7.96. The number of hydrogen-bond donors (Lipinski definition) is 3. The van der Waals surface area contributed by atoms with Crippen molar-refractivity contribution in [2.75, 3.05) is 6.61 Å². The Morgan fingerprint density at radius 1 is 1.28 bits per heavy atom. The summed E-state index contributed by atoms with van der Waals surface area (Å²) < 4.78 is 16.5. The van der Waals surface area contributed by atoms with Crippen molar-refractivity contribution in [3.63, 3.8) is 0 Å². The minimum Gasteiger partial charge on any atom is -0.469 e. The molecule has 1 saturated heterocycles. The highest BCUT2D eigenvalue weighted by molar-refractivity contribution is 6.07. The summed E-state index contributed by atoms with van der Waals surface area (Å²) >= 11 is 5.19. The van der Waals surface area contributed by atoms with Crippen molar-refractivity contribution in [2.45, 2.75) is 37.6 Å². The molecule has 0 unspecified atom stereocenters. The lowest BCUT2D eigenvalue weighted by atomic mass is 9.99. The Bertz CT molecular complexity index is 764. The van der Waals surface area contributed by atoms with Crippen molar-refractivity contribution in [2.24, 2.45) is 0 Å². The molecule has 0 bridgehead atoms. The van der Waals surface area contributed by atoms with Crippen molar-refractivity contribution in [3.05, 3.63) is 30.3 Å². The molecule has 2 heterocycles. The Morgan fingerprint density at radius 2 is 2.00 bits per heavy atom. The van der Waals surface area contributed by atoms with E-state index in [1.807, 2.05) is 6.07 Å². The average Bonchev–Trinajstić information content (AvgIpc) is 2.95. The summed E-state index contributed by atoms with van der Waals surface area (Å²) in [6.07, 6.45) is -6.71. The lowest BCUT2D eigenvalue weighted by Gasteiger charge is -2.40. The second-order valence-corrected chi connectivity index (χ2v) is 6.02. The smallest absolute Gasteiger partial charge is 0.230 e. The molecule has 3 rings (SSSR count). The number of ether oxygens (including phenoxy) is 2. The summed E-state index contributed by atoms with van der Waals surface area (Å²) in [5.74, 6) is -0.162. The van der Waals surface area contributed by atoms with Gasteiger partial charge in [-0.05, 0) is 6.07 Å². The lowest BCUT2D eigenvalue weighted by Crippen LogP contribution is -2.60. The minimum absolute atomic E-state index is 0.136. The Hall–Kier alpha value is -1.68. The molecule has 9 heteroatoms. The quantitative estimate of drug-likeness (QED) is 0.724. The Kier molecular flexibility index (Phi) is 5.28. The van der Waals surface area contributed by atoms with Crippen molar-refractivity contribution in [1.29, 1.82) is 0 Å². The first kappa shape index (κ1) is 18.1. The summed E-state index contributed by atoms with van der Waals surface area (Å²) in [5.41, 5.74) is 0.627. The topological polar surface area (TPSA) is 110 Å². The summed E-state index contributed by atoms with van der Waals surface area (Å²) in [6.45, 7) is 1.15. The molecule has 3 N–H and O–H groups in total. The monoisotopic (exact) mass is 371 g/mol. The maximum Gasteiger partial charge on any atom is 0.230 e. The van der Waals surface area contributed by atoms with Gasteiger partial charge in [-0.25, -0.2) is 0 Å². The molecule has 0 spiro atoms. The van der Waals surface area contributed by atoms with Crippen LogP contribution in [-0.4, -0.2) is 63.1 Å². The number of benzene rings is 1. The van der Waals surface area contributed by atoms with E-state index in [1.165, 1.54) is 11.5 Å². The lowest BCUT2D eigenvalue weighted by molar-refractivity contribution is -0.281. The van der Waals surface area contributed by atoms with E-state index in [0.717, 1.165) is 5.39 Å². The standard InChI is InChI=1S/C16H18ClNO7/c1-8(19)18-10-5-3-2-4-9(10)6-12(18)25-15-13(20)11(7-23-17)24-16(22)14(15)21/h2-6,11,13-16,20-22H,7H2,1H3/t11-,13-,14-,15+,16-/m1/s1. The van der Waals surface area contributed by atoms with E-state index in [2.05, 4.69) is 4.29 Å². The van der Waals surface area contributed by atoms with Crippen molar-refractivity contribution in [3.8, 4) is 5.88 Å². The zero-order valence-electron chi connectivity index (χ0n) is 13.3. The second-order valence-electron chi connectivity index (χ2n) is 5.80. The molecule has 8 nitrogen and oxygen atoms in total. The van der Waals surface area contributed by atoms with E-state index in [0.29, 0.717) is 5.52 Å². The number of nitrogens with zero attached hydrogens (tertiary/aromatic N) is 1. The number of carbonyl (C=O) groups is 1. The molecule has 0 saturated carbocycles. The van der Waals surface area contributed by atoms with E-state index in [4.69, 9.17) is 21.3 Å². The molecule has 136 valence electrons. The fraction of sp³-hybridized carbons (Fsp3) is 0.438. The summed E-state index contributed by atoms with van der Waals surface area (Å²) in [5, 5.41) is 31.1. The van der Waals surface area contributed by atoms with Crippen LogP contribution in [0.2, 0.25) is 0 Å². The first-order chi connectivity index (χ1) is 11.9. The third-order valence-electron chi connectivity index (χ3n) is 4.14. The van der Waals surface area contributed by atoms with Crippen LogP contribution < -0.4 is 4.74 Å². The van der Waals surface area contributed by atoms with Crippen molar-refractivity contribution < 1.29 is 33.9 Å². The van der Waals surface area contributed by atoms with Gasteiger partial charge < -0.3 is 24.8 Å². The second kappa shape index (κ2) is 7.28. The number of hydrogen-bond acceptors (Lipinski definition) is 7. The van der Waals surface area contributed by atoms with Gasteiger partial charge in [-0.1, -0.05) is 18.2 Å². The molecule has 1 fully saturated rings. The molecular formula is C16H18ClNO7. The van der Waals surface area contributed by atoms with Gasteiger partial charge in [-0.2, -0.15) is 0 Å². The Labute approximate surface area is 148 Å². The molecule has 25 heavy (non-hydrogen) atoms. The fourth-order valence-corrected chi connectivity index (χ4v) is 3.06. The number of rotatable bonds is 4. The molecule has 1 aromatic carbocycles. The number of aliphatic hydroxyl groups is 3. The zero-order chi connectivity index (χ0) is 18.1. The van der Waals surface area contributed by atoms with Gasteiger partial charge in [0.25, 0.3) is 0 Å². The number of carbonyl (C=O) groups excluding carboxylic acids is 1. The molecular weight excluding hydrogens is 354 g/mol. The van der Waals surface area contributed by atoms with Gasteiger partial charge in [0, 0.05) is 18.4 Å². The third-order valence-corrected chi connectivity index (χ3v) is 4.26. The van der Waals surface area contributed by atoms with Crippen LogP contribution in [0.4, 0.5) is 0 Å². The molecule has 1 aromatic heterocycles. The van der Waals surface area contributed by atoms with Crippen molar-refractivity contribution in [1.82, 2.24) is 4.57 Å². The van der Waals surface area contributed by atoms with Gasteiger partial charge in [-0.3, -0.25) is 13.7 Å². The van der Waals surface area contributed by atoms with Crippen LogP contribution in [0.5, 0.6) is 5.88 Å². The van der Waals surface area contributed by atoms with Gasteiger partial charge in [0.05, 0.1) is 24.0 Å². The number of halogens is 1. The van der Waals surface area contributed by atoms with Crippen LogP contribution in [0, 0.1) is 0 Å². The number of aliphatic hydroxyl groups excluding tert-OH is 3. The van der Waals surface area contributed by atoms with Crippen LogP contribution in [0.3, 0.4) is 0 Å². The molecule has 1 aliphatic rings. The fourth-order valence-electron chi connectivity index (χ4n) is 2.94. The van der Waals surface area contributed by atoms with E-state index in [1.54, 1.807) is 24.3 Å². The maximum absolute atomic E-state index is 12.0. The summed E-state index contributed by atoms with van der Waals surface area (Å²) in [7, 11) is 0. The summed E-state index contributed by atoms with van der Waals surface area (Å²) in [4.78, 5) is 12.0. The van der Waals surface area contributed by atoms with Crippen LogP contribution in [0.1, 0.15) is 11.7 Å².